The maximum atomic E-state index is 12.7. The number of benzene rings is 1. The number of likely N-dealkylation sites (tertiary alicyclic amines) is 1. The summed E-state index contributed by atoms with van der Waals surface area (Å²) in [7, 11) is 1.65. The van der Waals surface area contributed by atoms with Crippen molar-refractivity contribution in [2.24, 2.45) is 0 Å². The van der Waals surface area contributed by atoms with E-state index in [0.717, 1.165) is 35.6 Å². The molecule has 1 aromatic carbocycles. The quantitative estimate of drug-likeness (QED) is 0.873. The zero-order valence-corrected chi connectivity index (χ0v) is 16.4. The minimum atomic E-state index is -0.194. The zero-order chi connectivity index (χ0) is 19.6. The number of urea groups is 1. The van der Waals surface area contributed by atoms with Crippen LogP contribution in [0.1, 0.15) is 46.5 Å². The van der Waals surface area contributed by atoms with Crippen LogP contribution in [0.4, 0.5) is 10.5 Å². The van der Waals surface area contributed by atoms with Gasteiger partial charge in [0.05, 0.1) is 0 Å². The number of carbonyl (C=O) groups is 2. The lowest BCUT2D eigenvalue weighted by atomic mass is 10.0. The van der Waals surface area contributed by atoms with Gasteiger partial charge in [0.1, 0.15) is 11.5 Å². The highest BCUT2D eigenvalue weighted by atomic mass is 16.2. The Morgan fingerprint density at radius 2 is 1.70 bits per heavy atom. The summed E-state index contributed by atoms with van der Waals surface area (Å²) in [6.45, 7) is 7.28. The number of aromatic nitrogens is 2. The highest BCUT2D eigenvalue weighted by Gasteiger charge is 2.27. The number of rotatable bonds is 3. The second-order valence-corrected chi connectivity index (χ2v) is 7.06. The molecule has 0 unspecified atom stereocenters. The molecule has 0 aliphatic carbocycles. The molecular weight excluding hydrogens is 342 g/mol. The van der Waals surface area contributed by atoms with Crippen LogP contribution in [0.5, 0.6) is 0 Å². The lowest BCUT2D eigenvalue weighted by Crippen LogP contribution is -2.43. The van der Waals surface area contributed by atoms with E-state index in [-0.39, 0.29) is 18.0 Å². The first-order chi connectivity index (χ1) is 12.9. The van der Waals surface area contributed by atoms with E-state index in [1.54, 1.807) is 7.05 Å². The average molecular weight is 369 g/mol. The number of nitrogens with one attached hydrogen (secondary N) is 2. The first-order valence-corrected chi connectivity index (χ1v) is 9.30. The molecule has 0 spiro atoms. The second kappa shape index (κ2) is 7.82. The third-order valence-electron chi connectivity index (χ3n) is 5.18. The van der Waals surface area contributed by atoms with Crippen LogP contribution in [-0.4, -0.2) is 46.5 Å². The van der Waals surface area contributed by atoms with Gasteiger partial charge in [0.25, 0.3) is 5.91 Å². The summed E-state index contributed by atoms with van der Waals surface area (Å²) in [6, 6.07) is 7.92. The topological polar surface area (TPSA) is 79.3 Å². The molecule has 7 heteroatoms. The monoisotopic (exact) mass is 369 g/mol. The minimum Gasteiger partial charge on any atom is -0.341 e. The summed E-state index contributed by atoms with van der Waals surface area (Å²) in [5.41, 5.74) is 3.24. The van der Waals surface area contributed by atoms with E-state index >= 15 is 0 Å². The summed E-state index contributed by atoms with van der Waals surface area (Å²) in [5.74, 6) is 0.640. The third kappa shape index (κ3) is 3.97. The van der Waals surface area contributed by atoms with Gasteiger partial charge in [0.2, 0.25) is 0 Å². The number of imidazole rings is 1. The van der Waals surface area contributed by atoms with Crippen molar-refractivity contribution in [3.8, 4) is 0 Å². The van der Waals surface area contributed by atoms with Crippen molar-refractivity contribution in [1.82, 2.24) is 19.8 Å². The lowest BCUT2D eigenvalue weighted by Gasteiger charge is -2.33. The molecule has 1 aromatic heterocycles. The van der Waals surface area contributed by atoms with Gasteiger partial charge >= 0.3 is 6.03 Å². The van der Waals surface area contributed by atoms with Gasteiger partial charge in [-0.2, -0.15) is 0 Å². The smallest absolute Gasteiger partial charge is 0.317 e. The van der Waals surface area contributed by atoms with E-state index in [2.05, 4.69) is 20.2 Å². The Kier molecular flexibility index (Phi) is 5.48. The Hall–Kier alpha value is -2.83. The van der Waals surface area contributed by atoms with Crippen molar-refractivity contribution in [3.63, 3.8) is 0 Å². The number of hydrogen-bond acceptors (Lipinski definition) is 3. The first-order valence-electron chi connectivity index (χ1n) is 9.30. The molecule has 2 heterocycles. The van der Waals surface area contributed by atoms with Gasteiger partial charge < -0.3 is 20.1 Å². The minimum absolute atomic E-state index is 0.0364. The van der Waals surface area contributed by atoms with Gasteiger partial charge in [-0.3, -0.25) is 4.79 Å². The number of nitrogens with zero attached hydrogens (tertiary/aromatic N) is 3. The number of carbonyl (C=O) groups excluding carboxylic acids is 2. The predicted octanol–water partition coefficient (Wildman–Crippen LogP) is 3.04. The Balaban J connectivity index is 1.74. The summed E-state index contributed by atoms with van der Waals surface area (Å²) in [5, 5.41) is 5.60. The molecule has 3 amide bonds. The van der Waals surface area contributed by atoms with Crippen molar-refractivity contribution in [1.29, 1.82) is 0 Å². The molecule has 3 rings (SSSR count). The molecule has 0 radical (unpaired) electrons. The molecule has 7 nitrogen and oxygen atoms in total. The van der Waals surface area contributed by atoms with Gasteiger partial charge in [0.15, 0.2) is 0 Å². The summed E-state index contributed by atoms with van der Waals surface area (Å²) < 4.78 is 2.14. The van der Waals surface area contributed by atoms with Crippen molar-refractivity contribution >= 4 is 17.6 Å². The van der Waals surface area contributed by atoms with Gasteiger partial charge in [-0.1, -0.05) is 17.7 Å². The SMILES string of the molecule is CNC(=O)N1CCC(n2c(C)nc(C(=O)Nc3ccc(C)cc3)c2C)CC1. The standard InChI is InChI=1S/C20H27N5O2/c1-13-5-7-16(8-6-13)23-19(26)18-14(2)25(15(3)22-18)17-9-11-24(12-10-17)20(27)21-4/h5-8,17H,9-12H2,1-4H3,(H,21,27)(H,23,26). The van der Waals surface area contributed by atoms with Crippen LogP contribution in [-0.2, 0) is 0 Å². The molecule has 27 heavy (non-hydrogen) atoms. The van der Waals surface area contributed by atoms with Crippen molar-refractivity contribution in [2.45, 2.75) is 39.7 Å². The number of hydrogen-bond donors (Lipinski definition) is 2. The molecule has 1 aliphatic heterocycles. The molecular formula is C20H27N5O2. The Morgan fingerprint density at radius 1 is 1.07 bits per heavy atom. The molecule has 1 fully saturated rings. The number of aryl methyl sites for hydroxylation is 2. The molecule has 1 saturated heterocycles. The number of amides is 3. The Morgan fingerprint density at radius 3 is 2.30 bits per heavy atom. The van der Waals surface area contributed by atoms with Crippen LogP contribution in [0.3, 0.4) is 0 Å². The van der Waals surface area contributed by atoms with E-state index in [1.165, 1.54) is 0 Å². The van der Waals surface area contributed by atoms with Crippen LogP contribution in [0.25, 0.3) is 0 Å². The number of piperidine rings is 1. The van der Waals surface area contributed by atoms with Crippen LogP contribution >= 0.6 is 0 Å². The lowest BCUT2D eigenvalue weighted by molar-refractivity contribution is 0.102. The van der Waals surface area contributed by atoms with Gasteiger partial charge in [-0.25, -0.2) is 9.78 Å². The molecule has 2 N–H and O–H groups in total. The largest absolute Gasteiger partial charge is 0.341 e. The van der Waals surface area contributed by atoms with E-state index < -0.39 is 0 Å². The van der Waals surface area contributed by atoms with Crippen LogP contribution in [0, 0.1) is 20.8 Å². The molecule has 2 aromatic rings. The molecule has 0 bridgehead atoms. The second-order valence-electron chi connectivity index (χ2n) is 7.06. The van der Waals surface area contributed by atoms with E-state index in [4.69, 9.17) is 0 Å². The van der Waals surface area contributed by atoms with Gasteiger partial charge in [0, 0.05) is 37.6 Å². The molecule has 144 valence electrons. The summed E-state index contributed by atoms with van der Waals surface area (Å²) in [4.78, 5) is 30.8. The predicted molar refractivity (Wildman–Crippen MR) is 105 cm³/mol. The van der Waals surface area contributed by atoms with Gasteiger partial charge in [-0.05, 0) is 45.7 Å². The Labute approximate surface area is 159 Å². The highest BCUT2D eigenvalue weighted by molar-refractivity contribution is 6.03. The molecule has 0 atom stereocenters. The van der Waals surface area contributed by atoms with Crippen LogP contribution in [0.2, 0.25) is 0 Å². The van der Waals surface area contributed by atoms with E-state index in [1.807, 2.05) is 49.9 Å². The van der Waals surface area contributed by atoms with Gasteiger partial charge in [-0.15, -0.1) is 0 Å². The average Bonchev–Trinajstić information content (AvgIpc) is 2.97. The van der Waals surface area contributed by atoms with E-state index in [0.29, 0.717) is 18.8 Å². The maximum Gasteiger partial charge on any atom is 0.317 e. The summed E-state index contributed by atoms with van der Waals surface area (Å²) in [6.07, 6.45) is 1.70. The first kappa shape index (κ1) is 18.9. The fraction of sp³-hybridized carbons (Fsp3) is 0.450. The van der Waals surface area contributed by atoms with Crippen molar-refractivity contribution in [2.75, 3.05) is 25.5 Å². The molecule has 1 aliphatic rings. The fourth-order valence-electron chi connectivity index (χ4n) is 3.72. The maximum absolute atomic E-state index is 12.7. The summed E-state index contributed by atoms with van der Waals surface area (Å²) >= 11 is 0. The van der Waals surface area contributed by atoms with E-state index in [9.17, 15) is 9.59 Å². The van der Waals surface area contributed by atoms with Crippen LogP contribution < -0.4 is 10.6 Å². The van der Waals surface area contributed by atoms with Crippen LogP contribution in [0.15, 0.2) is 24.3 Å². The van der Waals surface area contributed by atoms with Crippen molar-refractivity contribution < 1.29 is 9.59 Å². The zero-order valence-electron chi connectivity index (χ0n) is 16.4. The number of anilines is 1. The third-order valence-corrected chi connectivity index (χ3v) is 5.18. The Bertz CT molecular complexity index is 833. The normalized spacial score (nSPS) is 14.9. The van der Waals surface area contributed by atoms with Crippen molar-refractivity contribution in [3.05, 3.63) is 47.0 Å². The highest BCUT2D eigenvalue weighted by Crippen LogP contribution is 2.27. The fourth-order valence-corrected chi connectivity index (χ4v) is 3.72. The molecule has 0 saturated carbocycles.